The summed E-state index contributed by atoms with van der Waals surface area (Å²) < 4.78 is 5.09. The van der Waals surface area contributed by atoms with E-state index in [0.29, 0.717) is 35.9 Å². The second-order valence-corrected chi connectivity index (χ2v) is 6.83. The van der Waals surface area contributed by atoms with E-state index in [1.165, 1.54) is 13.3 Å². The van der Waals surface area contributed by atoms with Crippen molar-refractivity contribution in [3.63, 3.8) is 0 Å². The fourth-order valence-electron chi connectivity index (χ4n) is 2.76. The molecule has 0 atom stereocenters. The van der Waals surface area contributed by atoms with Gasteiger partial charge in [0.15, 0.2) is 0 Å². The van der Waals surface area contributed by atoms with Gasteiger partial charge in [0.25, 0.3) is 5.56 Å². The smallest absolute Gasteiger partial charge is 0.271 e. The molecule has 1 aliphatic rings. The van der Waals surface area contributed by atoms with Crippen molar-refractivity contribution in [2.45, 2.75) is 6.04 Å². The van der Waals surface area contributed by atoms with Crippen molar-refractivity contribution >= 4 is 11.6 Å². The Morgan fingerprint density at radius 3 is 2.93 bits per heavy atom. The minimum Gasteiger partial charge on any atom is -0.480 e. The van der Waals surface area contributed by atoms with E-state index in [1.54, 1.807) is 29.4 Å². The number of aromatic nitrogens is 3. The molecule has 9 nitrogen and oxygen atoms in total. The summed E-state index contributed by atoms with van der Waals surface area (Å²) in [6.45, 7) is 1.82. The Morgan fingerprint density at radius 2 is 2.21 bits per heavy atom. The molecule has 0 spiro atoms. The van der Waals surface area contributed by atoms with Crippen LogP contribution in [0.25, 0.3) is 11.3 Å². The number of pyridine rings is 1. The van der Waals surface area contributed by atoms with Gasteiger partial charge in [-0.05, 0) is 20.2 Å². The molecule has 0 radical (unpaired) electrons. The number of hydrogen-bond acceptors (Lipinski definition) is 7. The maximum atomic E-state index is 12.1. The molecule has 1 saturated heterocycles. The van der Waals surface area contributed by atoms with E-state index in [-0.39, 0.29) is 17.5 Å². The maximum absolute atomic E-state index is 12.1. The van der Waals surface area contributed by atoms with Crippen molar-refractivity contribution in [1.82, 2.24) is 24.8 Å². The Morgan fingerprint density at radius 1 is 1.43 bits per heavy atom. The number of aromatic amines is 1. The number of ether oxygens (including phenoxy) is 1. The number of nitrogens with one attached hydrogen (secondary N) is 2. The molecule has 0 aliphatic carbocycles. The van der Waals surface area contributed by atoms with Gasteiger partial charge in [0.05, 0.1) is 31.2 Å². The molecule has 2 aromatic rings. The molecular formula is C19H24N6O3. The Labute approximate surface area is 163 Å². The predicted octanol–water partition coefficient (Wildman–Crippen LogP) is 0.581. The molecule has 3 rings (SSSR count). The lowest BCUT2D eigenvalue weighted by atomic mass is 10.1. The molecule has 2 aromatic heterocycles. The van der Waals surface area contributed by atoms with Crippen LogP contribution in [0.4, 0.5) is 5.69 Å². The van der Waals surface area contributed by atoms with Crippen LogP contribution in [0, 0.1) is 0 Å². The van der Waals surface area contributed by atoms with Crippen molar-refractivity contribution in [1.29, 1.82) is 0 Å². The van der Waals surface area contributed by atoms with Gasteiger partial charge in [-0.3, -0.25) is 14.6 Å². The van der Waals surface area contributed by atoms with Gasteiger partial charge in [-0.25, -0.2) is 4.98 Å². The zero-order chi connectivity index (χ0) is 20.1. The van der Waals surface area contributed by atoms with Gasteiger partial charge in [0.2, 0.25) is 11.8 Å². The number of nitrogens with zero attached hydrogens (tertiary/aromatic N) is 4. The van der Waals surface area contributed by atoms with Crippen LogP contribution in [0.2, 0.25) is 0 Å². The van der Waals surface area contributed by atoms with E-state index in [1.807, 2.05) is 25.1 Å². The number of likely N-dealkylation sites (N-methyl/N-ethyl adjacent to an activating group) is 1. The number of methoxy groups -OCH3 is 1. The quantitative estimate of drug-likeness (QED) is 0.673. The number of carbonyl (C=O) groups excluding carboxylic acids is 1. The van der Waals surface area contributed by atoms with E-state index in [2.05, 4.69) is 20.3 Å². The Bertz CT molecular complexity index is 918. The van der Waals surface area contributed by atoms with E-state index >= 15 is 0 Å². The molecule has 0 saturated carbocycles. The van der Waals surface area contributed by atoms with Gasteiger partial charge in [-0.15, -0.1) is 0 Å². The van der Waals surface area contributed by atoms with Crippen molar-refractivity contribution in [2.75, 3.05) is 46.2 Å². The first kappa shape index (κ1) is 19.6. The third kappa shape index (κ3) is 4.74. The van der Waals surface area contributed by atoms with Gasteiger partial charge in [-0.1, -0.05) is 6.08 Å². The minimum absolute atomic E-state index is 0.0192. The number of carbonyl (C=O) groups is 1. The maximum Gasteiger partial charge on any atom is 0.271 e. The Kier molecular flexibility index (Phi) is 6.05. The molecule has 0 bridgehead atoms. The monoisotopic (exact) mass is 384 g/mol. The van der Waals surface area contributed by atoms with Crippen LogP contribution in [-0.2, 0) is 4.79 Å². The fraction of sp³-hybridized carbons (Fsp3) is 0.368. The van der Waals surface area contributed by atoms with Gasteiger partial charge < -0.3 is 24.8 Å². The van der Waals surface area contributed by atoms with Crippen molar-refractivity contribution in [3.05, 3.63) is 47.2 Å². The topological polar surface area (TPSA) is 103 Å². The van der Waals surface area contributed by atoms with E-state index in [9.17, 15) is 9.59 Å². The summed E-state index contributed by atoms with van der Waals surface area (Å²) in [5.41, 5.74) is 1.51. The predicted molar refractivity (Wildman–Crippen MR) is 106 cm³/mol. The van der Waals surface area contributed by atoms with Crippen LogP contribution >= 0.6 is 0 Å². The standard InChI is InChI=1S/C19H24N6O3/c1-24(2)6-4-5-18(26)25-11-14(12-25)22-15-7-13(8-21-19(15)27)16-9-20-10-17(23-16)28-3/h4-5,7-10,14,22H,6,11-12H2,1-3H3,(H,21,27)/b5-4+. The lowest BCUT2D eigenvalue weighted by molar-refractivity contribution is -0.129. The summed E-state index contributed by atoms with van der Waals surface area (Å²) in [5, 5.41) is 3.20. The molecule has 9 heteroatoms. The van der Waals surface area contributed by atoms with E-state index in [0.717, 1.165) is 6.54 Å². The van der Waals surface area contributed by atoms with Crippen molar-refractivity contribution in [2.24, 2.45) is 0 Å². The average Bonchev–Trinajstić information content (AvgIpc) is 2.65. The molecule has 1 aliphatic heterocycles. The highest BCUT2D eigenvalue weighted by atomic mass is 16.5. The van der Waals surface area contributed by atoms with Crippen LogP contribution in [0.15, 0.2) is 41.6 Å². The fourth-order valence-corrected chi connectivity index (χ4v) is 2.76. The lowest BCUT2D eigenvalue weighted by Gasteiger charge is -2.39. The summed E-state index contributed by atoms with van der Waals surface area (Å²) in [4.78, 5) is 39.0. The van der Waals surface area contributed by atoms with Crippen molar-refractivity contribution < 1.29 is 9.53 Å². The highest BCUT2D eigenvalue weighted by molar-refractivity contribution is 5.88. The van der Waals surface area contributed by atoms with Crippen molar-refractivity contribution in [3.8, 4) is 17.1 Å². The first-order valence-corrected chi connectivity index (χ1v) is 8.92. The molecule has 3 heterocycles. The normalized spacial score (nSPS) is 14.4. The van der Waals surface area contributed by atoms with Crippen LogP contribution in [0.1, 0.15) is 0 Å². The van der Waals surface area contributed by atoms with Gasteiger partial charge in [0.1, 0.15) is 5.69 Å². The summed E-state index contributed by atoms with van der Waals surface area (Å²) in [6, 6.07) is 1.75. The third-order valence-electron chi connectivity index (χ3n) is 4.30. The molecule has 0 unspecified atom stereocenters. The first-order chi connectivity index (χ1) is 13.5. The first-order valence-electron chi connectivity index (χ1n) is 8.92. The summed E-state index contributed by atoms with van der Waals surface area (Å²) in [5.74, 6) is 0.378. The molecule has 28 heavy (non-hydrogen) atoms. The zero-order valence-electron chi connectivity index (χ0n) is 16.2. The summed E-state index contributed by atoms with van der Waals surface area (Å²) >= 11 is 0. The minimum atomic E-state index is -0.227. The molecule has 1 amide bonds. The SMILES string of the molecule is COc1cncc(-c2c[nH]c(=O)c(NC3CN(C(=O)/C=C/CN(C)C)C3)c2)n1. The molecule has 2 N–H and O–H groups in total. The molecule has 1 fully saturated rings. The van der Waals surface area contributed by atoms with Gasteiger partial charge >= 0.3 is 0 Å². The van der Waals surface area contributed by atoms with Gasteiger partial charge in [0, 0.05) is 37.5 Å². The number of rotatable bonds is 7. The highest BCUT2D eigenvalue weighted by Gasteiger charge is 2.29. The van der Waals surface area contributed by atoms with Crippen LogP contribution in [0.3, 0.4) is 0 Å². The summed E-state index contributed by atoms with van der Waals surface area (Å²) in [7, 11) is 5.41. The number of hydrogen-bond donors (Lipinski definition) is 2. The van der Waals surface area contributed by atoms with Crippen LogP contribution < -0.4 is 15.6 Å². The Balaban J connectivity index is 1.62. The van der Waals surface area contributed by atoms with Crippen LogP contribution in [-0.4, -0.2) is 77.5 Å². The lowest BCUT2D eigenvalue weighted by Crippen LogP contribution is -2.57. The zero-order valence-corrected chi connectivity index (χ0v) is 16.2. The van der Waals surface area contributed by atoms with E-state index in [4.69, 9.17) is 4.74 Å². The second kappa shape index (κ2) is 8.66. The number of H-pyrrole nitrogens is 1. The van der Waals surface area contributed by atoms with Crippen LogP contribution in [0.5, 0.6) is 5.88 Å². The second-order valence-electron chi connectivity index (χ2n) is 6.83. The molecular weight excluding hydrogens is 360 g/mol. The average molecular weight is 384 g/mol. The largest absolute Gasteiger partial charge is 0.480 e. The number of likely N-dealkylation sites (tertiary alicyclic amines) is 1. The third-order valence-corrected chi connectivity index (χ3v) is 4.30. The molecule has 0 aromatic carbocycles. The van der Waals surface area contributed by atoms with Gasteiger partial charge in [-0.2, -0.15) is 0 Å². The molecule has 148 valence electrons. The number of anilines is 1. The Hall–Kier alpha value is -3.20. The number of amides is 1. The summed E-state index contributed by atoms with van der Waals surface area (Å²) in [6.07, 6.45) is 8.13. The van der Waals surface area contributed by atoms with E-state index < -0.39 is 0 Å². The highest BCUT2D eigenvalue weighted by Crippen LogP contribution is 2.20.